The molecule has 0 aliphatic heterocycles. The molecule has 2 nitrogen and oxygen atoms in total. The third-order valence-corrected chi connectivity index (χ3v) is 5.82. The quantitative estimate of drug-likeness (QED) is 0.666. The van der Waals surface area contributed by atoms with Crippen LogP contribution in [-0.2, 0) is 5.41 Å². The molecule has 0 atom stereocenters. The Labute approximate surface area is 145 Å². The molecular weight excluding hydrogens is 387 g/mol. The highest BCUT2D eigenvalue weighted by Crippen LogP contribution is 2.46. The standard InChI is InChI=1S/C19H21IO2/c1-13-11-14(5-7-17(13)21)19(9-3-2-4-10-19)15-6-8-18(22)16(20)12-15/h5-8,11-12,21-22H,2-4,9-10H2,1H3. The van der Waals surface area contributed by atoms with E-state index in [1.807, 2.05) is 13.0 Å². The molecule has 0 spiro atoms. The monoisotopic (exact) mass is 408 g/mol. The first-order valence-electron chi connectivity index (χ1n) is 7.82. The molecule has 3 heteroatoms. The van der Waals surface area contributed by atoms with E-state index < -0.39 is 0 Å². The highest BCUT2D eigenvalue weighted by molar-refractivity contribution is 14.1. The zero-order valence-corrected chi connectivity index (χ0v) is 14.9. The zero-order chi connectivity index (χ0) is 15.7. The van der Waals surface area contributed by atoms with Gasteiger partial charge in [0.15, 0.2) is 0 Å². The van der Waals surface area contributed by atoms with Crippen molar-refractivity contribution in [3.05, 3.63) is 56.7 Å². The van der Waals surface area contributed by atoms with Gasteiger partial charge >= 0.3 is 0 Å². The third kappa shape index (κ3) is 2.71. The van der Waals surface area contributed by atoms with Crippen molar-refractivity contribution in [3.63, 3.8) is 0 Å². The molecule has 0 bridgehead atoms. The molecule has 0 saturated heterocycles. The maximum absolute atomic E-state index is 9.84. The average molecular weight is 408 g/mol. The second-order valence-electron chi connectivity index (χ2n) is 6.31. The maximum atomic E-state index is 9.84. The van der Waals surface area contributed by atoms with E-state index in [1.165, 1.54) is 30.4 Å². The molecule has 1 aliphatic carbocycles. The van der Waals surface area contributed by atoms with Crippen molar-refractivity contribution in [3.8, 4) is 11.5 Å². The summed E-state index contributed by atoms with van der Waals surface area (Å²) >= 11 is 2.19. The molecule has 0 heterocycles. The zero-order valence-electron chi connectivity index (χ0n) is 12.8. The Balaban J connectivity index is 2.15. The fourth-order valence-electron chi connectivity index (χ4n) is 3.66. The number of rotatable bonds is 2. The topological polar surface area (TPSA) is 40.5 Å². The number of aromatic hydroxyl groups is 2. The molecule has 0 radical (unpaired) electrons. The lowest BCUT2D eigenvalue weighted by atomic mass is 9.65. The fourth-order valence-corrected chi connectivity index (χ4v) is 4.17. The fraction of sp³-hybridized carbons (Fsp3) is 0.368. The van der Waals surface area contributed by atoms with E-state index in [-0.39, 0.29) is 5.41 Å². The number of hydrogen-bond acceptors (Lipinski definition) is 2. The van der Waals surface area contributed by atoms with E-state index in [1.54, 1.807) is 6.07 Å². The van der Waals surface area contributed by atoms with E-state index in [2.05, 4.69) is 46.9 Å². The van der Waals surface area contributed by atoms with Crippen molar-refractivity contribution in [1.29, 1.82) is 0 Å². The normalized spacial score (nSPS) is 17.4. The Bertz CT molecular complexity index is 634. The van der Waals surface area contributed by atoms with Gasteiger partial charge in [-0.3, -0.25) is 0 Å². The summed E-state index contributed by atoms with van der Waals surface area (Å²) in [4.78, 5) is 0. The van der Waals surface area contributed by atoms with Crippen molar-refractivity contribution in [1.82, 2.24) is 0 Å². The molecule has 0 unspecified atom stereocenters. The van der Waals surface area contributed by atoms with E-state index in [4.69, 9.17) is 0 Å². The molecule has 0 aromatic heterocycles. The Kier molecular flexibility index (Phi) is 4.35. The highest BCUT2D eigenvalue weighted by atomic mass is 127. The van der Waals surface area contributed by atoms with Crippen LogP contribution in [0.4, 0.5) is 0 Å². The number of halogens is 1. The lowest BCUT2D eigenvalue weighted by Crippen LogP contribution is -2.30. The van der Waals surface area contributed by atoms with E-state index in [0.29, 0.717) is 11.5 Å². The second-order valence-corrected chi connectivity index (χ2v) is 7.47. The lowest BCUT2D eigenvalue weighted by molar-refractivity contribution is 0.344. The van der Waals surface area contributed by atoms with Crippen LogP contribution in [0, 0.1) is 10.5 Å². The Hall–Kier alpha value is -1.23. The summed E-state index contributed by atoms with van der Waals surface area (Å²) in [6, 6.07) is 12.0. The molecule has 22 heavy (non-hydrogen) atoms. The predicted molar refractivity (Wildman–Crippen MR) is 97.5 cm³/mol. The van der Waals surface area contributed by atoms with Gasteiger partial charge in [0.05, 0.1) is 3.57 Å². The summed E-state index contributed by atoms with van der Waals surface area (Å²) < 4.78 is 0.899. The maximum Gasteiger partial charge on any atom is 0.128 e. The van der Waals surface area contributed by atoms with Gasteiger partial charge in [0.25, 0.3) is 0 Å². The molecule has 0 amide bonds. The van der Waals surface area contributed by atoms with E-state index in [9.17, 15) is 10.2 Å². The van der Waals surface area contributed by atoms with Crippen molar-refractivity contribution < 1.29 is 10.2 Å². The highest BCUT2D eigenvalue weighted by Gasteiger charge is 2.36. The van der Waals surface area contributed by atoms with Crippen LogP contribution in [0.2, 0.25) is 0 Å². The van der Waals surface area contributed by atoms with Gasteiger partial charge in [-0.15, -0.1) is 0 Å². The van der Waals surface area contributed by atoms with Gasteiger partial charge in [-0.1, -0.05) is 37.5 Å². The molecule has 1 saturated carbocycles. The summed E-state index contributed by atoms with van der Waals surface area (Å²) in [6.07, 6.45) is 5.97. The summed E-state index contributed by atoms with van der Waals surface area (Å²) in [7, 11) is 0. The molecule has 2 aromatic carbocycles. The van der Waals surface area contributed by atoms with E-state index in [0.717, 1.165) is 22.0 Å². The van der Waals surface area contributed by atoms with Crippen molar-refractivity contribution in [2.24, 2.45) is 0 Å². The minimum absolute atomic E-state index is 0.00430. The van der Waals surface area contributed by atoms with Crippen LogP contribution >= 0.6 is 22.6 Å². The van der Waals surface area contributed by atoms with Gasteiger partial charge in [-0.05, 0) is 77.2 Å². The molecule has 2 aromatic rings. The van der Waals surface area contributed by atoms with Crippen molar-refractivity contribution >= 4 is 22.6 Å². The molecule has 2 N–H and O–H groups in total. The summed E-state index contributed by atoms with van der Waals surface area (Å²) in [5.41, 5.74) is 3.49. The average Bonchev–Trinajstić information content (AvgIpc) is 2.53. The van der Waals surface area contributed by atoms with Gasteiger partial charge in [-0.2, -0.15) is 0 Å². The lowest BCUT2D eigenvalue weighted by Gasteiger charge is -2.39. The van der Waals surface area contributed by atoms with Gasteiger partial charge in [-0.25, -0.2) is 0 Å². The van der Waals surface area contributed by atoms with Crippen LogP contribution in [0.3, 0.4) is 0 Å². The SMILES string of the molecule is Cc1cc(C2(c3ccc(O)c(I)c3)CCCCC2)ccc1O. The van der Waals surface area contributed by atoms with Gasteiger partial charge in [0, 0.05) is 5.41 Å². The number of hydrogen-bond donors (Lipinski definition) is 2. The molecular formula is C19H21IO2. The van der Waals surface area contributed by atoms with Gasteiger partial charge in [0.2, 0.25) is 0 Å². The Morgan fingerprint density at radius 2 is 1.45 bits per heavy atom. The predicted octanol–water partition coefficient (Wildman–Crippen LogP) is 5.26. The van der Waals surface area contributed by atoms with Gasteiger partial charge < -0.3 is 10.2 Å². The minimum Gasteiger partial charge on any atom is -0.508 e. The molecule has 1 fully saturated rings. The smallest absolute Gasteiger partial charge is 0.128 e. The van der Waals surface area contributed by atoms with Crippen LogP contribution in [-0.4, -0.2) is 10.2 Å². The van der Waals surface area contributed by atoms with Crippen LogP contribution in [0.25, 0.3) is 0 Å². The van der Waals surface area contributed by atoms with Crippen LogP contribution in [0.15, 0.2) is 36.4 Å². The number of phenolic OH excluding ortho intramolecular Hbond substituents is 2. The van der Waals surface area contributed by atoms with Crippen LogP contribution in [0.1, 0.15) is 48.8 Å². The number of phenols is 2. The third-order valence-electron chi connectivity index (χ3n) is 4.96. The Morgan fingerprint density at radius 1 is 0.864 bits per heavy atom. The van der Waals surface area contributed by atoms with Crippen molar-refractivity contribution in [2.75, 3.05) is 0 Å². The second kappa shape index (κ2) is 6.11. The minimum atomic E-state index is 0.00430. The van der Waals surface area contributed by atoms with Gasteiger partial charge in [0.1, 0.15) is 11.5 Å². The molecule has 116 valence electrons. The molecule has 3 rings (SSSR count). The summed E-state index contributed by atoms with van der Waals surface area (Å²) in [5, 5.41) is 19.7. The van der Waals surface area contributed by atoms with Crippen molar-refractivity contribution in [2.45, 2.75) is 44.4 Å². The molecule has 1 aliphatic rings. The van der Waals surface area contributed by atoms with E-state index >= 15 is 0 Å². The Morgan fingerprint density at radius 3 is 2.05 bits per heavy atom. The first-order valence-corrected chi connectivity index (χ1v) is 8.90. The summed E-state index contributed by atoms with van der Waals surface area (Å²) in [6.45, 7) is 1.95. The van der Waals surface area contributed by atoms with Crippen LogP contribution in [0.5, 0.6) is 11.5 Å². The number of aryl methyl sites for hydroxylation is 1. The summed E-state index contributed by atoms with van der Waals surface area (Å²) in [5.74, 6) is 0.701. The first-order chi connectivity index (χ1) is 10.5. The number of benzene rings is 2. The first kappa shape index (κ1) is 15.7. The largest absolute Gasteiger partial charge is 0.508 e. The van der Waals surface area contributed by atoms with Crippen LogP contribution < -0.4 is 0 Å².